The van der Waals surface area contributed by atoms with Crippen molar-refractivity contribution in [2.24, 2.45) is 16.8 Å². The van der Waals surface area contributed by atoms with Crippen LogP contribution in [0.15, 0.2) is 29.4 Å². The van der Waals surface area contributed by atoms with Crippen LogP contribution in [0.4, 0.5) is 0 Å². The van der Waals surface area contributed by atoms with Gasteiger partial charge in [-0.05, 0) is 24.4 Å². The van der Waals surface area contributed by atoms with Gasteiger partial charge in [0.1, 0.15) is 0 Å². The molecule has 5 heteroatoms. The molecule has 0 aliphatic carbocycles. The van der Waals surface area contributed by atoms with E-state index in [1.165, 1.54) is 0 Å². The van der Waals surface area contributed by atoms with E-state index < -0.39 is 0 Å². The molecule has 1 atom stereocenters. The Kier molecular flexibility index (Phi) is 6.92. The van der Waals surface area contributed by atoms with Gasteiger partial charge in [0.05, 0.1) is 0 Å². The van der Waals surface area contributed by atoms with Crippen LogP contribution in [-0.2, 0) is 6.54 Å². The molecule has 0 aliphatic rings. The van der Waals surface area contributed by atoms with Crippen LogP contribution >= 0.6 is 0 Å². The summed E-state index contributed by atoms with van der Waals surface area (Å²) < 4.78 is 0. The van der Waals surface area contributed by atoms with E-state index in [4.69, 9.17) is 16.0 Å². The maximum Gasteiger partial charge on any atom is 0.170 e. The number of nitrogens with zero attached hydrogens (tertiary/aromatic N) is 1. The average molecular weight is 265 g/mol. The summed E-state index contributed by atoms with van der Waals surface area (Å²) in [6.45, 7) is 4.06. The standard InChI is InChI=1S/C14H23N3O2/c1-2-11(7-8-18)9-16-10-12-3-5-13(6-4-12)14(15)17-19/h3-6,11,16,18-19H,2,7-10H2,1H3,(H2,15,17). The third-order valence-electron chi connectivity index (χ3n) is 3.23. The number of amidine groups is 1. The number of oxime groups is 1. The summed E-state index contributed by atoms with van der Waals surface area (Å²) in [5.41, 5.74) is 7.35. The number of rotatable bonds is 8. The second-order valence-corrected chi connectivity index (χ2v) is 4.60. The minimum Gasteiger partial charge on any atom is -0.409 e. The molecule has 5 N–H and O–H groups in total. The van der Waals surface area contributed by atoms with Crippen LogP contribution in [0.2, 0.25) is 0 Å². The molecule has 1 aromatic carbocycles. The number of aliphatic hydroxyl groups is 1. The van der Waals surface area contributed by atoms with Gasteiger partial charge in [-0.15, -0.1) is 0 Å². The van der Waals surface area contributed by atoms with Gasteiger partial charge < -0.3 is 21.4 Å². The number of nitrogens with two attached hydrogens (primary N) is 1. The quantitative estimate of drug-likeness (QED) is 0.247. The number of nitrogens with one attached hydrogen (secondary N) is 1. The van der Waals surface area contributed by atoms with Gasteiger partial charge in [0, 0.05) is 18.7 Å². The van der Waals surface area contributed by atoms with E-state index in [0.29, 0.717) is 11.5 Å². The molecule has 0 heterocycles. The zero-order valence-corrected chi connectivity index (χ0v) is 11.3. The molecule has 0 amide bonds. The van der Waals surface area contributed by atoms with Gasteiger partial charge in [-0.1, -0.05) is 42.8 Å². The first-order valence-electron chi connectivity index (χ1n) is 6.59. The molecule has 5 nitrogen and oxygen atoms in total. The zero-order chi connectivity index (χ0) is 14.1. The summed E-state index contributed by atoms with van der Waals surface area (Å²) in [7, 11) is 0. The largest absolute Gasteiger partial charge is 0.409 e. The molecule has 1 rings (SSSR count). The Bertz CT molecular complexity index is 390. The van der Waals surface area contributed by atoms with Crippen LogP contribution < -0.4 is 11.1 Å². The summed E-state index contributed by atoms with van der Waals surface area (Å²) in [6.07, 6.45) is 1.90. The predicted molar refractivity (Wildman–Crippen MR) is 76.1 cm³/mol. The van der Waals surface area contributed by atoms with Crippen molar-refractivity contribution in [1.82, 2.24) is 5.32 Å². The van der Waals surface area contributed by atoms with Crippen LogP contribution in [0.5, 0.6) is 0 Å². The van der Waals surface area contributed by atoms with Crippen molar-refractivity contribution in [3.8, 4) is 0 Å². The Morgan fingerprint density at radius 3 is 2.58 bits per heavy atom. The third kappa shape index (κ3) is 5.28. The van der Waals surface area contributed by atoms with Gasteiger partial charge in [-0.3, -0.25) is 0 Å². The number of benzene rings is 1. The van der Waals surface area contributed by atoms with Gasteiger partial charge in [0.2, 0.25) is 0 Å². The lowest BCUT2D eigenvalue weighted by Gasteiger charge is -2.14. The van der Waals surface area contributed by atoms with Crippen LogP contribution in [0.3, 0.4) is 0 Å². The van der Waals surface area contributed by atoms with E-state index in [1.54, 1.807) is 0 Å². The Labute approximate surface area is 114 Å². The van der Waals surface area contributed by atoms with Crippen molar-refractivity contribution >= 4 is 5.84 Å². The fraction of sp³-hybridized carbons (Fsp3) is 0.500. The number of hydrogen-bond acceptors (Lipinski definition) is 4. The zero-order valence-electron chi connectivity index (χ0n) is 11.3. The van der Waals surface area contributed by atoms with Crippen molar-refractivity contribution in [3.63, 3.8) is 0 Å². The van der Waals surface area contributed by atoms with E-state index in [1.807, 2.05) is 24.3 Å². The Hall–Kier alpha value is -1.59. The lowest BCUT2D eigenvalue weighted by atomic mass is 10.0. The highest BCUT2D eigenvalue weighted by atomic mass is 16.4. The van der Waals surface area contributed by atoms with Crippen molar-refractivity contribution in [3.05, 3.63) is 35.4 Å². The Morgan fingerprint density at radius 1 is 1.37 bits per heavy atom. The summed E-state index contributed by atoms with van der Waals surface area (Å²) in [5.74, 6) is 0.634. The SMILES string of the molecule is CCC(CCO)CNCc1ccc(C(N)=NO)cc1. The van der Waals surface area contributed by atoms with Crippen molar-refractivity contribution < 1.29 is 10.3 Å². The maximum absolute atomic E-state index is 8.92. The van der Waals surface area contributed by atoms with Crippen LogP contribution in [-0.4, -0.2) is 29.3 Å². The molecule has 0 aromatic heterocycles. The maximum atomic E-state index is 8.92. The van der Waals surface area contributed by atoms with E-state index in [9.17, 15) is 0 Å². The van der Waals surface area contributed by atoms with Crippen LogP contribution in [0, 0.1) is 5.92 Å². The average Bonchev–Trinajstić information content (AvgIpc) is 2.46. The Balaban J connectivity index is 2.41. The first-order chi connectivity index (χ1) is 9.21. The second kappa shape index (κ2) is 8.50. The molecule has 0 spiro atoms. The van der Waals surface area contributed by atoms with Crippen molar-refractivity contribution in [2.45, 2.75) is 26.3 Å². The number of aliphatic hydroxyl groups excluding tert-OH is 1. The fourth-order valence-electron chi connectivity index (χ4n) is 1.90. The van der Waals surface area contributed by atoms with Crippen LogP contribution in [0.1, 0.15) is 30.9 Å². The molecule has 0 bridgehead atoms. The monoisotopic (exact) mass is 265 g/mol. The van der Waals surface area contributed by atoms with Gasteiger partial charge in [-0.2, -0.15) is 0 Å². The first-order valence-corrected chi connectivity index (χ1v) is 6.59. The minimum atomic E-state index is 0.119. The van der Waals surface area contributed by atoms with Gasteiger partial charge in [-0.25, -0.2) is 0 Å². The third-order valence-corrected chi connectivity index (χ3v) is 3.23. The van der Waals surface area contributed by atoms with Gasteiger partial charge >= 0.3 is 0 Å². The predicted octanol–water partition coefficient (Wildman–Crippen LogP) is 1.28. The fourth-order valence-corrected chi connectivity index (χ4v) is 1.90. The number of hydrogen-bond donors (Lipinski definition) is 4. The minimum absolute atomic E-state index is 0.119. The summed E-state index contributed by atoms with van der Waals surface area (Å²) in [5, 5.41) is 23.8. The molecule has 0 fully saturated rings. The highest BCUT2D eigenvalue weighted by Gasteiger charge is 2.05. The molecule has 0 saturated heterocycles. The van der Waals surface area contributed by atoms with Gasteiger partial charge in [0.15, 0.2) is 5.84 Å². The summed E-state index contributed by atoms with van der Waals surface area (Å²) >= 11 is 0. The molecular weight excluding hydrogens is 242 g/mol. The topological polar surface area (TPSA) is 90.9 Å². The lowest BCUT2D eigenvalue weighted by Crippen LogP contribution is -2.23. The van der Waals surface area contributed by atoms with Crippen LogP contribution in [0.25, 0.3) is 0 Å². The highest BCUT2D eigenvalue weighted by Crippen LogP contribution is 2.07. The van der Waals surface area contributed by atoms with E-state index in [0.717, 1.165) is 31.5 Å². The normalized spacial score (nSPS) is 13.5. The summed E-state index contributed by atoms with van der Waals surface area (Å²) in [4.78, 5) is 0. The first kappa shape index (κ1) is 15.5. The molecule has 0 radical (unpaired) electrons. The molecule has 0 aliphatic heterocycles. The molecule has 1 unspecified atom stereocenters. The molecular formula is C14H23N3O2. The van der Waals surface area contributed by atoms with Gasteiger partial charge in [0.25, 0.3) is 0 Å². The molecule has 106 valence electrons. The van der Waals surface area contributed by atoms with Crippen molar-refractivity contribution in [1.29, 1.82) is 0 Å². The Morgan fingerprint density at radius 2 is 2.05 bits per heavy atom. The van der Waals surface area contributed by atoms with Crippen molar-refractivity contribution in [2.75, 3.05) is 13.2 Å². The molecule has 0 saturated carbocycles. The second-order valence-electron chi connectivity index (χ2n) is 4.60. The summed E-state index contributed by atoms with van der Waals surface area (Å²) in [6, 6.07) is 7.56. The molecule has 19 heavy (non-hydrogen) atoms. The highest BCUT2D eigenvalue weighted by molar-refractivity contribution is 5.96. The van der Waals surface area contributed by atoms with E-state index >= 15 is 0 Å². The van der Waals surface area contributed by atoms with E-state index in [2.05, 4.69) is 17.4 Å². The smallest absolute Gasteiger partial charge is 0.170 e. The lowest BCUT2D eigenvalue weighted by molar-refractivity contribution is 0.251. The molecule has 1 aromatic rings. The van der Waals surface area contributed by atoms with E-state index in [-0.39, 0.29) is 12.4 Å².